The van der Waals surface area contributed by atoms with Gasteiger partial charge in [0.25, 0.3) is 5.91 Å². The number of carbonyl (C=O) groups is 1. The van der Waals surface area contributed by atoms with Crippen molar-refractivity contribution < 1.29 is 14.6 Å². The summed E-state index contributed by atoms with van der Waals surface area (Å²) in [5, 5.41) is 12.6. The number of anilines is 1. The van der Waals surface area contributed by atoms with Gasteiger partial charge in [-0.05, 0) is 31.2 Å². The molecule has 0 heterocycles. The molecule has 1 amide bonds. The predicted octanol–water partition coefficient (Wildman–Crippen LogP) is 2.96. The number of aryl methyl sites for hydroxylation is 1. The highest BCUT2D eigenvalue weighted by molar-refractivity contribution is 6.06. The van der Waals surface area contributed by atoms with Gasteiger partial charge in [0.2, 0.25) is 0 Å². The number of para-hydroxylation sites is 1. The summed E-state index contributed by atoms with van der Waals surface area (Å²) in [5.41, 5.74) is 1.97. The van der Waals surface area contributed by atoms with Crippen LogP contribution in [-0.2, 0) is 0 Å². The average Bonchev–Trinajstić information content (AvgIpc) is 2.41. The van der Waals surface area contributed by atoms with Crippen molar-refractivity contribution in [1.82, 2.24) is 0 Å². The number of aromatic hydroxyl groups is 1. The summed E-state index contributed by atoms with van der Waals surface area (Å²) in [6, 6.07) is 12.2. The maximum absolute atomic E-state index is 12.1. The lowest BCUT2D eigenvalue weighted by Gasteiger charge is -2.09. The van der Waals surface area contributed by atoms with Crippen molar-refractivity contribution in [2.45, 2.75) is 6.92 Å². The fraction of sp³-hybridized carbons (Fsp3) is 0.133. The SMILES string of the molecule is COc1cccc(C(=O)Nc2ccc(C)cc2)c1O. The Morgan fingerprint density at radius 1 is 1.16 bits per heavy atom. The third-order valence-corrected chi connectivity index (χ3v) is 2.77. The van der Waals surface area contributed by atoms with E-state index in [9.17, 15) is 9.90 Å². The third kappa shape index (κ3) is 2.85. The maximum Gasteiger partial charge on any atom is 0.259 e. The number of phenolic OH excluding ortho intramolecular Hbond substituents is 1. The van der Waals surface area contributed by atoms with Crippen LogP contribution in [-0.4, -0.2) is 18.1 Å². The second kappa shape index (κ2) is 5.44. The molecule has 0 saturated carbocycles. The maximum atomic E-state index is 12.1. The minimum atomic E-state index is -0.375. The Hall–Kier alpha value is -2.49. The summed E-state index contributed by atoms with van der Waals surface area (Å²) in [6.45, 7) is 1.97. The van der Waals surface area contributed by atoms with E-state index in [0.29, 0.717) is 5.69 Å². The van der Waals surface area contributed by atoms with Crippen LogP contribution in [0.4, 0.5) is 5.69 Å². The molecule has 4 heteroatoms. The van der Waals surface area contributed by atoms with Crippen molar-refractivity contribution in [2.75, 3.05) is 12.4 Å². The van der Waals surface area contributed by atoms with E-state index in [1.54, 1.807) is 18.2 Å². The summed E-state index contributed by atoms with van der Waals surface area (Å²) in [4.78, 5) is 12.1. The number of carbonyl (C=O) groups excluding carboxylic acids is 1. The zero-order valence-electron chi connectivity index (χ0n) is 10.8. The number of nitrogens with one attached hydrogen (secondary N) is 1. The molecule has 0 spiro atoms. The molecule has 0 aliphatic rings. The van der Waals surface area contributed by atoms with E-state index < -0.39 is 0 Å². The predicted molar refractivity (Wildman–Crippen MR) is 73.8 cm³/mol. The quantitative estimate of drug-likeness (QED) is 0.888. The number of hydrogen-bond acceptors (Lipinski definition) is 3. The van der Waals surface area contributed by atoms with Gasteiger partial charge in [-0.3, -0.25) is 4.79 Å². The van der Waals surface area contributed by atoms with Gasteiger partial charge in [0.15, 0.2) is 11.5 Å². The number of hydrogen-bond donors (Lipinski definition) is 2. The van der Waals surface area contributed by atoms with Crippen molar-refractivity contribution in [3.63, 3.8) is 0 Å². The van der Waals surface area contributed by atoms with Gasteiger partial charge in [-0.1, -0.05) is 23.8 Å². The Morgan fingerprint density at radius 2 is 1.84 bits per heavy atom. The Kier molecular flexibility index (Phi) is 3.71. The number of rotatable bonds is 3. The van der Waals surface area contributed by atoms with E-state index in [2.05, 4.69) is 5.32 Å². The number of benzene rings is 2. The van der Waals surface area contributed by atoms with Crippen LogP contribution in [0.3, 0.4) is 0 Å². The van der Waals surface area contributed by atoms with E-state index in [1.807, 2.05) is 31.2 Å². The molecule has 2 rings (SSSR count). The number of ether oxygens (including phenoxy) is 1. The van der Waals surface area contributed by atoms with E-state index in [-0.39, 0.29) is 23.0 Å². The van der Waals surface area contributed by atoms with Gasteiger partial charge in [0, 0.05) is 5.69 Å². The summed E-state index contributed by atoms with van der Waals surface area (Å²) in [5.74, 6) is -0.258. The molecule has 0 unspecified atom stereocenters. The highest BCUT2D eigenvalue weighted by Gasteiger charge is 2.14. The molecule has 0 atom stereocenters. The van der Waals surface area contributed by atoms with Gasteiger partial charge in [-0.25, -0.2) is 0 Å². The fourth-order valence-electron chi connectivity index (χ4n) is 1.71. The van der Waals surface area contributed by atoms with Crippen molar-refractivity contribution >= 4 is 11.6 Å². The summed E-state index contributed by atoms with van der Waals surface area (Å²) < 4.78 is 4.97. The van der Waals surface area contributed by atoms with E-state index in [1.165, 1.54) is 7.11 Å². The Bertz CT molecular complexity index is 591. The van der Waals surface area contributed by atoms with Gasteiger partial charge < -0.3 is 15.2 Å². The van der Waals surface area contributed by atoms with Crippen LogP contribution in [0.2, 0.25) is 0 Å². The van der Waals surface area contributed by atoms with Crippen molar-refractivity contribution in [2.24, 2.45) is 0 Å². The van der Waals surface area contributed by atoms with E-state index >= 15 is 0 Å². The van der Waals surface area contributed by atoms with Crippen LogP contribution in [0.15, 0.2) is 42.5 Å². The van der Waals surface area contributed by atoms with Crippen molar-refractivity contribution in [3.8, 4) is 11.5 Å². The highest BCUT2D eigenvalue weighted by atomic mass is 16.5. The molecular weight excluding hydrogens is 242 g/mol. The van der Waals surface area contributed by atoms with Crippen LogP contribution in [0.5, 0.6) is 11.5 Å². The van der Waals surface area contributed by atoms with Gasteiger partial charge in [0.1, 0.15) is 0 Å². The molecule has 0 aliphatic carbocycles. The summed E-state index contributed by atoms with van der Waals surface area (Å²) in [7, 11) is 1.44. The van der Waals surface area contributed by atoms with Crippen molar-refractivity contribution in [3.05, 3.63) is 53.6 Å². The zero-order valence-corrected chi connectivity index (χ0v) is 10.8. The van der Waals surface area contributed by atoms with Gasteiger partial charge >= 0.3 is 0 Å². The molecule has 98 valence electrons. The number of phenols is 1. The molecule has 4 nitrogen and oxygen atoms in total. The monoisotopic (exact) mass is 257 g/mol. The Morgan fingerprint density at radius 3 is 2.47 bits per heavy atom. The largest absolute Gasteiger partial charge is 0.504 e. The standard InChI is InChI=1S/C15H15NO3/c1-10-6-8-11(9-7-10)16-15(18)12-4-3-5-13(19-2)14(12)17/h3-9,17H,1-2H3,(H,16,18). The molecule has 2 N–H and O–H groups in total. The smallest absolute Gasteiger partial charge is 0.259 e. The van der Waals surface area contributed by atoms with E-state index in [0.717, 1.165) is 5.56 Å². The fourth-order valence-corrected chi connectivity index (χ4v) is 1.71. The second-order valence-electron chi connectivity index (χ2n) is 4.18. The molecule has 19 heavy (non-hydrogen) atoms. The number of amides is 1. The number of methoxy groups -OCH3 is 1. The zero-order chi connectivity index (χ0) is 13.8. The highest BCUT2D eigenvalue weighted by Crippen LogP contribution is 2.29. The molecule has 2 aromatic rings. The lowest BCUT2D eigenvalue weighted by molar-refractivity contribution is 0.102. The van der Waals surface area contributed by atoms with Crippen LogP contribution in [0.1, 0.15) is 15.9 Å². The average molecular weight is 257 g/mol. The second-order valence-corrected chi connectivity index (χ2v) is 4.18. The molecule has 0 bridgehead atoms. The minimum absolute atomic E-state index is 0.158. The molecule has 0 aromatic heterocycles. The Balaban J connectivity index is 2.23. The summed E-state index contributed by atoms with van der Waals surface area (Å²) >= 11 is 0. The molecule has 2 aromatic carbocycles. The normalized spacial score (nSPS) is 10.0. The van der Waals surface area contributed by atoms with Crippen LogP contribution >= 0.6 is 0 Å². The van der Waals surface area contributed by atoms with E-state index in [4.69, 9.17) is 4.74 Å². The molecular formula is C15H15NO3. The summed E-state index contributed by atoms with van der Waals surface area (Å²) in [6.07, 6.45) is 0. The van der Waals surface area contributed by atoms with Gasteiger partial charge in [-0.2, -0.15) is 0 Å². The molecule has 0 radical (unpaired) electrons. The molecule has 0 aliphatic heterocycles. The lowest BCUT2D eigenvalue weighted by Crippen LogP contribution is -2.12. The lowest BCUT2D eigenvalue weighted by atomic mass is 10.1. The first-order valence-electron chi connectivity index (χ1n) is 5.86. The van der Waals surface area contributed by atoms with Crippen molar-refractivity contribution in [1.29, 1.82) is 0 Å². The first kappa shape index (κ1) is 13.0. The first-order chi connectivity index (χ1) is 9.11. The van der Waals surface area contributed by atoms with Gasteiger partial charge in [-0.15, -0.1) is 0 Å². The first-order valence-corrected chi connectivity index (χ1v) is 5.86. The Labute approximate surface area is 111 Å². The van der Waals surface area contributed by atoms with Gasteiger partial charge in [0.05, 0.1) is 12.7 Å². The minimum Gasteiger partial charge on any atom is -0.504 e. The molecule has 0 saturated heterocycles. The van der Waals surface area contributed by atoms with Crippen LogP contribution in [0, 0.1) is 6.92 Å². The third-order valence-electron chi connectivity index (χ3n) is 2.77. The van der Waals surface area contributed by atoms with Crippen LogP contribution < -0.4 is 10.1 Å². The molecule has 0 fully saturated rings. The topological polar surface area (TPSA) is 58.6 Å². The van der Waals surface area contributed by atoms with Crippen LogP contribution in [0.25, 0.3) is 0 Å².